The van der Waals surface area contributed by atoms with Crippen molar-refractivity contribution in [2.75, 3.05) is 10.6 Å². The largest absolute Gasteiger partial charge is 0.331 e. The van der Waals surface area contributed by atoms with Crippen molar-refractivity contribution in [1.29, 1.82) is 0 Å². The first-order chi connectivity index (χ1) is 6.59. The van der Waals surface area contributed by atoms with E-state index in [1.807, 2.05) is 24.3 Å². The molecule has 5 nitrogen and oxygen atoms in total. The number of rotatable bonds is 1. The van der Waals surface area contributed by atoms with Gasteiger partial charge in [-0.05, 0) is 12.1 Å². The molecule has 0 aliphatic carbocycles. The van der Waals surface area contributed by atoms with Crippen molar-refractivity contribution in [3.05, 3.63) is 24.3 Å². The Bertz CT molecular complexity index is 352. The molecule has 74 valence electrons. The Hall–Kier alpha value is -1.75. The highest BCUT2D eigenvalue weighted by Crippen LogP contribution is 2.29. The second-order valence-electron chi connectivity index (χ2n) is 3.28. The molecule has 1 aliphatic heterocycles. The van der Waals surface area contributed by atoms with Crippen LogP contribution in [0.5, 0.6) is 0 Å². The third-order valence-corrected chi connectivity index (χ3v) is 1.96. The van der Waals surface area contributed by atoms with Crippen LogP contribution in [0.1, 0.15) is 6.92 Å². The van der Waals surface area contributed by atoms with E-state index in [0.29, 0.717) is 0 Å². The third kappa shape index (κ3) is 1.49. The van der Waals surface area contributed by atoms with Gasteiger partial charge in [0.25, 0.3) is 0 Å². The molecule has 1 amide bonds. The molecule has 1 heterocycles. The summed E-state index contributed by atoms with van der Waals surface area (Å²) in [5, 5.41) is 8.54. The van der Waals surface area contributed by atoms with Gasteiger partial charge in [-0.2, -0.15) is 0 Å². The molecule has 0 atom stereocenters. The van der Waals surface area contributed by atoms with Gasteiger partial charge in [0.05, 0.1) is 11.4 Å². The predicted molar refractivity (Wildman–Crippen MR) is 54.4 cm³/mol. The van der Waals surface area contributed by atoms with Crippen molar-refractivity contribution in [3.8, 4) is 0 Å². The number of nitrogens with one attached hydrogen (secondary N) is 3. The summed E-state index contributed by atoms with van der Waals surface area (Å²) in [6.45, 7) is 1.42. The molecule has 0 spiro atoms. The number of anilines is 2. The van der Waals surface area contributed by atoms with Crippen LogP contribution in [-0.4, -0.2) is 11.8 Å². The van der Waals surface area contributed by atoms with Gasteiger partial charge in [-0.15, -0.1) is 0 Å². The number of carbonyl (C=O) groups excluding carboxylic acids is 1. The first-order valence-electron chi connectivity index (χ1n) is 4.32. The number of para-hydroxylation sites is 2. The number of benzene rings is 1. The molecule has 0 aromatic heterocycles. The van der Waals surface area contributed by atoms with Crippen LogP contribution < -0.4 is 21.7 Å². The maximum absolute atomic E-state index is 10.9. The van der Waals surface area contributed by atoms with Gasteiger partial charge in [0, 0.05) is 6.92 Å². The summed E-state index contributed by atoms with van der Waals surface area (Å²) in [5.74, 6) is -1.27. The van der Waals surface area contributed by atoms with Gasteiger partial charge in [-0.3, -0.25) is 10.5 Å². The zero-order valence-corrected chi connectivity index (χ0v) is 7.79. The Morgan fingerprint density at radius 2 is 1.86 bits per heavy atom. The molecular formula is C9H12N4O. The molecule has 0 bridgehead atoms. The number of hydrogen-bond donors (Lipinski definition) is 4. The molecule has 1 aromatic rings. The summed E-state index contributed by atoms with van der Waals surface area (Å²) in [5.41, 5.74) is 7.61. The van der Waals surface area contributed by atoms with Crippen LogP contribution in [0.15, 0.2) is 24.3 Å². The fraction of sp³-hybridized carbons (Fsp3) is 0.222. The molecular weight excluding hydrogens is 180 g/mol. The van der Waals surface area contributed by atoms with E-state index in [4.69, 9.17) is 5.73 Å². The second-order valence-corrected chi connectivity index (χ2v) is 3.28. The lowest BCUT2D eigenvalue weighted by Gasteiger charge is -2.25. The van der Waals surface area contributed by atoms with Gasteiger partial charge >= 0.3 is 0 Å². The summed E-state index contributed by atoms with van der Waals surface area (Å²) in [6.07, 6.45) is 0. The van der Waals surface area contributed by atoms with Crippen LogP contribution in [0, 0.1) is 0 Å². The molecule has 5 heteroatoms. The lowest BCUT2D eigenvalue weighted by molar-refractivity contribution is -0.120. The molecule has 0 unspecified atom stereocenters. The highest BCUT2D eigenvalue weighted by atomic mass is 16.2. The van der Waals surface area contributed by atoms with Gasteiger partial charge in [0.15, 0.2) is 0 Å². The van der Waals surface area contributed by atoms with Gasteiger partial charge in [0.2, 0.25) is 11.8 Å². The summed E-state index contributed by atoms with van der Waals surface area (Å²) in [4.78, 5) is 10.9. The smallest absolute Gasteiger partial charge is 0.245 e. The molecule has 1 aliphatic rings. The molecule has 0 radical (unpaired) electrons. The number of hydrogen-bond acceptors (Lipinski definition) is 4. The van der Waals surface area contributed by atoms with Crippen molar-refractivity contribution in [2.24, 2.45) is 5.73 Å². The van der Waals surface area contributed by atoms with E-state index in [0.717, 1.165) is 11.4 Å². The lowest BCUT2D eigenvalue weighted by Crippen LogP contribution is -2.64. The maximum Gasteiger partial charge on any atom is 0.245 e. The summed E-state index contributed by atoms with van der Waals surface area (Å²) >= 11 is 0. The van der Waals surface area contributed by atoms with Gasteiger partial charge in [-0.1, -0.05) is 12.1 Å². The maximum atomic E-state index is 10.9. The number of fused-ring (bicyclic) bond motifs is 1. The zero-order valence-electron chi connectivity index (χ0n) is 7.79. The minimum atomic E-state index is -1.07. The van der Waals surface area contributed by atoms with Crippen molar-refractivity contribution in [2.45, 2.75) is 12.8 Å². The molecule has 2 rings (SSSR count). The zero-order chi connectivity index (χ0) is 10.2. The minimum Gasteiger partial charge on any atom is -0.331 e. The van der Waals surface area contributed by atoms with Crippen molar-refractivity contribution in [3.63, 3.8) is 0 Å². The van der Waals surface area contributed by atoms with E-state index in [-0.39, 0.29) is 5.91 Å². The average Bonchev–Trinajstić information content (AvgIpc) is 2.38. The van der Waals surface area contributed by atoms with Crippen molar-refractivity contribution >= 4 is 17.3 Å². The second kappa shape index (κ2) is 2.88. The molecule has 0 saturated carbocycles. The molecule has 0 saturated heterocycles. The molecule has 0 fully saturated rings. The first kappa shape index (κ1) is 8.83. The third-order valence-electron chi connectivity index (χ3n) is 1.96. The SMILES string of the molecule is CC(=O)NC1(N)Nc2ccccc2N1. The van der Waals surface area contributed by atoms with Crippen LogP contribution in [0.4, 0.5) is 11.4 Å². The first-order valence-corrected chi connectivity index (χ1v) is 4.32. The Kier molecular flexibility index (Phi) is 1.82. The fourth-order valence-electron chi connectivity index (χ4n) is 1.50. The van der Waals surface area contributed by atoms with E-state index < -0.39 is 5.91 Å². The van der Waals surface area contributed by atoms with Gasteiger partial charge < -0.3 is 16.0 Å². The van der Waals surface area contributed by atoms with E-state index in [1.165, 1.54) is 6.92 Å². The highest BCUT2D eigenvalue weighted by Gasteiger charge is 2.32. The number of carbonyl (C=O) groups is 1. The highest BCUT2D eigenvalue weighted by molar-refractivity contribution is 5.80. The predicted octanol–water partition coefficient (Wildman–Crippen LogP) is 0.230. The summed E-state index contributed by atoms with van der Waals surface area (Å²) < 4.78 is 0. The van der Waals surface area contributed by atoms with E-state index in [2.05, 4.69) is 16.0 Å². The normalized spacial score (nSPS) is 16.4. The van der Waals surface area contributed by atoms with E-state index in [9.17, 15) is 4.79 Å². The number of nitrogens with two attached hydrogens (primary N) is 1. The molecule has 1 aromatic carbocycles. The Morgan fingerprint density at radius 1 is 1.36 bits per heavy atom. The Morgan fingerprint density at radius 3 is 2.29 bits per heavy atom. The lowest BCUT2D eigenvalue weighted by atomic mass is 10.3. The Balaban J connectivity index is 2.21. The number of amides is 1. The van der Waals surface area contributed by atoms with Crippen molar-refractivity contribution in [1.82, 2.24) is 5.32 Å². The Labute approximate surface area is 81.7 Å². The van der Waals surface area contributed by atoms with Gasteiger partial charge in [-0.25, -0.2) is 0 Å². The van der Waals surface area contributed by atoms with E-state index in [1.54, 1.807) is 0 Å². The fourth-order valence-corrected chi connectivity index (χ4v) is 1.50. The quantitative estimate of drug-likeness (QED) is 0.480. The summed E-state index contributed by atoms with van der Waals surface area (Å²) in [6, 6.07) is 7.57. The van der Waals surface area contributed by atoms with Crippen LogP contribution in [0.2, 0.25) is 0 Å². The minimum absolute atomic E-state index is 0.194. The standard InChI is InChI=1S/C9H12N4O/c1-6(14)11-9(10)12-7-4-2-3-5-8(7)13-9/h2-5,12-13H,10H2,1H3,(H,11,14). The van der Waals surface area contributed by atoms with Crippen LogP contribution >= 0.6 is 0 Å². The monoisotopic (exact) mass is 192 g/mol. The molecule has 14 heavy (non-hydrogen) atoms. The van der Waals surface area contributed by atoms with Crippen LogP contribution in [0.3, 0.4) is 0 Å². The topological polar surface area (TPSA) is 79.2 Å². The molecule has 5 N–H and O–H groups in total. The van der Waals surface area contributed by atoms with Crippen molar-refractivity contribution < 1.29 is 4.79 Å². The van der Waals surface area contributed by atoms with Crippen LogP contribution in [0.25, 0.3) is 0 Å². The van der Waals surface area contributed by atoms with Crippen LogP contribution in [-0.2, 0) is 4.79 Å². The summed E-state index contributed by atoms with van der Waals surface area (Å²) in [7, 11) is 0. The van der Waals surface area contributed by atoms with Gasteiger partial charge in [0.1, 0.15) is 0 Å². The van der Waals surface area contributed by atoms with E-state index >= 15 is 0 Å². The average molecular weight is 192 g/mol.